The molecule has 2 aromatic heterocycles. The third kappa shape index (κ3) is 5.96. The Bertz CT molecular complexity index is 1430. The lowest BCUT2D eigenvalue weighted by Gasteiger charge is -2.33. The number of pyridine rings is 1. The Hall–Kier alpha value is -2.98. The van der Waals surface area contributed by atoms with Gasteiger partial charge in [0, 0.05) is 18.1 Å². The Balaban J connectivity index is 1.35. The third-order valence-corrected chi connectivity index (χ3v) is 9.13. The van der Waals surface area contributed by atoms with Gasteiger partial charge in [0.1, 0.15) is 11.5 Å². The zero-order valence-corrected chi connectivity index (χ0v) is 23.3. The highest BCUT2D eigenvalue weighted by Crippen LogP contribution is 2.30. The molecule has 1 N–H and O–H groups in total. The molecule has 1 saturated heterocycles. The zero-order valence-electron chi connectivity index (χ0n) is 22.5. The fourth-order valence-corrected chi connectivity index (χ4v) is 7.00. The van der Waals surface area contributed by atoms with E-state index in [1.807, 2.05) is 61.1 Å². The van der Waals surface area contributed by atoms with E-state index in [1.165, 1.54) is 10.6 Å². The Morgan fingerprint density at radius 1 is 1.05 bits per heavy atom. The monoisotopic (exact) mass is 553 g/mol. The first kappa shape index (κ1) is 27.6. The quantitative estimate of drug-likeness (QED) is 0.482. The van der Waals surface area contributed by atoms with Crippen molar-refractivity contribution in [1.29, 1.82) is 0 Å². The predicted octanol–water partition coefficient (Wildman–Crippen LogP) is 3.54. The highest BCUT2D eigenvalue weighted by Gasteiger charge is 2.31. The van der Waals surface area contributed by atoms with Crippen LogP contribution in [0.5, 0.6) is 0 Å². The van der Waals surface area contributed by atoms with Crippen molar-refractivity contribution in [2.45, 2.75) is 69.1 Å². The maximum absolute atomic E-state index is 14.2. The Morgan fingerprint density at radius 3 is 2.38 bits per heavy atom. The molecule has 208 valence electrons. The number of fused-ring (bicyclic) bond motifs is 1. The van der Waals surface area contributed by atoms with Crippen LogP contribution in [0.3, 0.4) is 0 Å². The van der Waals surface area contributed by atoms with Crippen LogP contribution in [0.25, 0.3) is 11.0 Å². The number of hydrogen-bond donors (Lipinski definition) is 1. The van der Waals surface area contributed by atoms with Crippen LogP contribution in [-0.4, -0.2) is 62.6 Å². The second-order valence-corrected chi connectivity index (χ2v) is 12.1. The molecule has 3 heterocycles. The summed E-state index contributed by atoms with van der Waals surface area (Å²) in [5, 5.41) is 3.36. The normalized spacial score (nSPS) is 21.2. The Kier molecular flexibility index (Phi) is 8.52. The van der Waals surface area contributed by atoms with Gasteiger partial charge in [-0.2, -0.15) is 11.8 Å². The van der Waals surface area contributed by atoms with Gasteiger partial charge in [-0.25, -0.2) is 14.2 Å². The largest absolute Gasteiger partial charge is 0.352 e. The fraction of sp³-hybridized carbons (Fsp3) is 0.517. The predicted molar refractivity (Wildman–Crippen MR) is 153 cm³/mol. The molecular formula is C29H36FN5O3S. The highest BCUT2D eigenvalue weighted by atomic mass is 32.2. The molecule has 3 aromatic rings. The van der Waals surface area contributed by atoms with Crippen LogP contribution in [0.4, 0.5) is 4.39 Å². The minimum atomic E-state index is -0.590. The molecular weight excluding hydrogens is 517 g/mol. The second-order valence-electron chi connectivity index (χ2n) is 10.9. The fourth-order valence-electron chi connectivity index (χ4n) is 5.92. The first-order chi connectivity index (χ1) is 18.8. The molecule has 10 heteroatoms. The molecule has 0 spiro atoms. The number of halogens is 1. The van der Waals surface area contributed by atoms with E-state index in [4.69, 9.17) is 0 Å². The topological polar surface area (TPSA) is 89.2 Å². The van der Waals surface area contributed by atoms with E-state index in [9.17, 15) is 18.8 Å². The van der Waals surface area contributed by atoms with Gasteiger partial charge in [-0.05, 0) is 82.2 Å². The number of carbonyl (C=O) groups excluding carboxylic acids is 1. The van der Waals surface area contributed by atoms with E-state index < -0.39 is 11.4 Å². The summed E-state index contributed by atoms with van der Waals surface area (Å²) in [5.74, 6) is 1.26. The van der Waals surface area contributed by atoms with Gasteiger partial charge in [0.25, 0.3) is 5.56 Å². The molecule has 0 radical (unpaired) electrons. The smallest absolute Gasteiger partial charge is 0.333 e. The lowest BCUT2D eigenvalue weighted by atomic mass is 9.90. The van der Waals surface area contributed by atoms with E-state index in [2.05, 4.69) is 10.3 Å². The minimum absolute atomic E-state index is 0.0192. The number of amides is 1. The number of benzene rings is 1. The van der Waals surface area contributed by atoms with Crippen molar-refractivity contribution in [3.05, 3.63) is 74.8 Å². The van der Waals surface area contributed by atoms with Gasteiger partial charge in [-0.15, -0.1) is 0 Å². The number of nitrogens with zero attached hydrogens (tertiary/aromatic N) is 4. The Morgan fingerprint density at radius 2 is 1.72 bits per heavy atom. The summed E-state index contributed by atoms with van der Waals surface area (Å²) >= 11 is 1.85. The van der Waals surface area contributed by atoms with Gasteiger partial charge in [0.2, 0.25) is 5.91 Å². The zero-order chi connectivity index (χ0) is 27.5. The number of thioether (sulfide) groups is 1. The number of hydrogen-bond acceptors (Lipinski definition) is 6. The average Bonchev–Trinajstić information content (AvgIpc) is 2.94. The first-order valence-corrected chi connectivity index (χ1v) is 14.9. The molecule has 5 rings (SSSR count). The molecule has 0 unspecified atom stereocenters. The van der Waals surface area contributed by atoms with Crippen LogP contribution in [-0.2, 0) is 11.2 Å². The molecule has 0 bridgehead atoms. The molecule has 1 atom stereocenters. The van der Waals surface area contributed by atoms with Gasteiger partial charge in [-0.1, -0.05) is 30.3 Å². The number of carbonyl (C=O) groups is 1. The second kappa shape index (κ2) is 12.0. The van der Waals surface area contributed by atoms with Crippen molar-refractivity contribution < 1.29 is 9.18 Å². The van der Waals surface area contributed by atoms with Crippen molar-refractivity contribution in [1.82, 2.24) is 24.3 Å². The van der Waals surface area contributed by atoms with Gasteiger partial charge >= 0.3 is 5.69 Å². The lowest BCUT2D eigenvalue weighted by molar-refractivity contribution is -0.126. The van der Waals surface area contributed by atoms with Gasteiger partial charge in [-0.3, -0.25) is 23.6 Å². The van der Waals surface area contributed by atoms with E-state index in [0.717, 1.165) is 36.1 Å². The summed E-state index contributed by atoms with van der Waals surface area (Å²) in [6, 6.07) is 10.5. The SMILES string of the molecule is CN(C)[C@@H](Cc1ccccc1)C(=O)NC1CCC(n2c(=O)c3cc(F)cnc3n(C3CCSCC3)c2=O)CC1. The van der Waals surface area contributed by atoms with E-state index in [0.29, 0.717) is 32.1 Å². The molecule has 1 amide bonds. The maximum atomic E-state index is 14.2. The van der Waals surface area contributed by atoms with Crippen molar-refractivity contribution in [2.24, 2.45) is 0 Å². The maximum Gasteiger partial charge on any atom is 0.333 e. The van der Waals surface area contributed by atoms with E-state index in [-0.39, 0.29) is 46.8 Å². The molecule has 1 aliphatic heterocycles. The first-order valence-electron chi connectivity index (χ1n) is 13.7. The molecule has 2 aliphatic rings. The van der Waals surface area contributed by atoms with Crippen LogP contribution in [0.1, 0.15) is 56.2 Å². The number of nitrogens with one attached hydrogen (secondary N) is 1. The summed E-state index contributed by atoms with van der Waals surface area (Å²) in [6.07, 6.45) is 5.80. The molecule has 8 nitrogen and oxygen atoms in total. The summed E-state index contributed by atoms with van der Waals surface area (Å²) in [6.45, 7) is 0. The van der Waals surface area contributed by atoms with Crippen LogP contribution < -0.4 is 16.6 Å². The summed E-state index contributed by atoms with van der Waals surface area (Å²) < 4.78 is 17.1. The summed E-state index contributed by atoms with van der Waals surface area (Å²) in [4.78, 5) is 46.6. The minimum Gasteiger partial charge on any atom is -0.352 e. The molecule has 1 saturated carbocycles. The molecule has 1 aliphatic carbocycles. The third-order valence-electron chi connectivity index (χ3n) is 8.08. The van der Waals surface area contributed by atoms with Gasteiger partial charge < -0.3 is 5.32 Å². The van der Waals surface area contributed by atoms with Crippen molar-refractivity contribution in [3.8, 4) is 0 Å². The summed E-state index contributed by atoms with van der Waals surface area (Å²) in [5.41, 5.74) is 0.538. The number of aromatic nitrogens is 3. The molecule has 1 aromatic carbocycles. The van der Waals surface area contributed by atoms with Crippen LogP contribution in [0.15, 0.2) is 52.2 Å². The standard InChI is InChI=1S/C29H36FN5O3S/c1-33(2)25(16-19-6-4-3-5-7-19)27(36)32-21-8-10-22(11-9-21)35-28(37)24-17-20(30)18-31-26(24)34(29(35)38)23-12-14-39-15-13-23/h3-7,17-18,21-23,25H,8-16H2,1-2H3,(H,32,36)/t21?,22?,25-/m0/s1. The van der Waals surface area contributed by atoms with Crippen molar-refractivity contribution in [2.75, 3.05) is 25.6 Å². The lowest BCUT2D eigenvalue weighted by Crippen LogP contribution is -2.50. The average molecular weight is 554 g/mol. The van der Waals surface area contributed by atoms with Gasteiger partial charge in [0.15, 0.2) is 0 Å². The number of rotatable bonds is 7. The Labute approximate surface area is 231 Å². The molecule has 2 fully saturated rings. The summed E-state index contributed by atoms with van der Waals surface area (Å²) in [7, 11) is 3.81. The molecule has 39 heavy (non-hydrogen) atoms. The van der Waals surface area contributed by atoms with Crippen LogP contribution in [0.2, 0.25) is 0 Å². The highest BCUT2D eigenvalue weighted by molar-refractivity contribution is 7.99. The van der Waals surface area contributed by atoms with Crippen LogP contribution >= 0.6 is 11.8 Å². The van der Waals surface area contributed by atoms with Crippen LogP contribution in [0, 0.1) is 5.82 Å². The van der Waals surface area contributed by atoms with E-state index in [1.54, 1.807) is 4.57 Å². The van der Waals surface area contributed by atoms with Crippen molar-refractivity contribution in [3.63, 3.8) is 0 Å². The number of likely N-dealkylation sites (N-methyl/N-ethyl adjacent to an activating group) is 1. The van der Waals surface area contributed by atoms with E-state index >= 15 is 0 Å². The van der Waals surface area contributed by atoms with Crippen molar-refractivity contribution >= 4 is 28.7 Å². The van der Waals surface area contributed by atoms with Gasteiger partial charge in [0.05, 0.1) is 17.6 Å².